The maximum absolute atomic E-state index is 13.4. The van der Waals surface area contributed by atoms with Gasteiger partial charge in [-0.25, -0.2) is 0 Å². The van der Waals surface area contributed by atoms with Crippen LogP contribution in [-0.2, 0) is 9.59 Å². The number of amides is 3. The summed E-state index contributed by atoms with van der Waals surface area (Å²) in [6.45, 7) is 0. The van der Waals surface area contributed by atoms with Gasteiger partial charge in [-0.15, -0.1) is 0 Å². The number of carbonyl (C=O) groups excluding carboxylic acids is 3. The Morgan fingerprint density at radius 3 is 2.18 bits per heavy atom. The number of imide groups is 1. The molecular weight excluding hydrogens is 420 g/mol. The Kier molecular flexibility index (Phi) is 6.35. The van der Waals surface area contributed by atoms with Gasteiger partial charge in [0.05, 0.1) is 11.3 Å². The largest absolute Gasteiger partial charge is 0.505 e. The molecule has 0 bridgehead atoms. The summed E-state index contributed by atoms with van der Waals surface area (Å²) in [4.78, 5) is 41.9. The molecule has 0 radical (unpaired) electrons. The molecule has 0 unspecified atom stereocenters. The average molecular weight is 449 g/mol. The number of rotatable bonds is 6. The van der Waals surface area contributed by atoms with Crippen molar-refractivity contribution in [2.24, 2.45) is 0 Å². The molecule has 1 aliphatic carbocycles. The van der Waals surface area contributed by atoms with Gasteiger partial charge in [-0.2, -0.15) is 0 Å². The lowest BCUT2D eigenvalue weighted by Crippen LogP contribution is -2.43. The highest BCUT2D eigenvalue weighted by Crippen LogP contribution is 2.34. The maximum atomic E-state index is 13.4. The van der Waals surface area contributed by atoms with Crippen molar-refractivity contribution in [2.75, 3.05) is 24.7 Å². The second-order valence-electron chi connectivity index (χ2n) is 8.54. The zero-order valence-electron chi connectivity index (χ0n) is 18.8. The molecule has 2 aliphatic rings. The van der Waals surface area contributed by atoms with Gasteiger partial charge in [-0.1, -0.05) is 43.5 Å². The monoisotopic (exact) mass is 448 g/mol. The van der Waals surface area contributed by atoms with Crippen LogP contribution in [-0.4, -0.2) is 52.8 Å². The second-order valence-corrected chi connectivity index (χ2v) is 8.54. The number of phenolic OH excluding ortho intramolecular Hbond substituents is 1. The van der Waals surface area contributed by atoms with Gasteiger partial charge in [0.2, 0.25) is 0 Å². The zero-order chi connectivity index (χ0) is 23.5. The Labute approximate surface area is 192 Å². The molecule has 172 valence electrons. The molecule has 2 aromatic carbocycles. The van der Waals surface area contributed by atoms with Crippen LogP contribution >= 0.6 is 0 Å². The van der Waals surface area contributed by atoms with E-state index in [0.717, 1.165) is 32.1 Å². The normalized spacial score (nSPS) is 16.8. The molecule has 0 saturated heterocycles. The molecule has 4 rings (SSSR count). The first kappa shape index (κ1) is 22.4. The third kappa shape index (κ3) is 4.41. The fourth-order valence-corrected chi connectivity index (χ4v) is 4.31. The number of phenols is 1. The number of para-hydroxylation sites is 2. The fraction of sp³-hybridized carbons (Fsp3) is 0.320. The van der Waals surface area contributed by atoms with E-state index in [2.05, 4.69) is 10.6 Å². The minimum atomic E-state index is -0.436. The van der Waals surface area contributed by atoms with Crippen molar-refractivity contribution in [3.63, 3.8) is 0 Å². The Hall–Kier alpha value is -3.81. The summed E-state index contributed by atoms with van der Waals surface area (Å²) in [5, 5.41) is 16.8. The van der Waals surface area contributed by atoms with Crippen LogP contribution in [0.1, 0.15) is 42.5 Å². The van der Waals surface area contributed by atoms with Crippen molar-refractivity contribution in [1.82, 2.24) is 9.80 Å². The van der Waals surface area contributed by atoms with Gasteiger partial charge < -0.3 is 20.6 Å². The first-order valence-corrected chi connectivity index (χ1v) is 11.1. The van der Waals surface area contributed by atoms with Gasteiger partial charge in [0.1, 0.15) is 11.4 Å². The number of anilines is 2. The predicted octanol–water partition coefficient (Wildman–Crippen LogP) is 3.53. The molecule has 1 fully saturated rings. The molecule has 8 heteroatoms. The van der Waals surface area contributed by atoms with Crippen LogP contribution in [0.5, 0.6) is 5.75 Å². The molecule has 1 saturated carbocycles. The molecule has 3 N–H and O–H groups in total. The lowest BCUT2D eigenvalue weighted by atomic mass is 9.94. The van der Waals surface area contributed by atoms with E-state index in [-0.39, 0.29) is 40.3 Å². The molecule has 0 aromatic heterocycles. The van der Waals surface area contributed by atoms with E-state index < -0.39 is 11.8 Å². The maximum Gasteiger partial charge on any atom is 0.279 e. The van der Waals surface area contributed by atoms with Crippen LogP contribution in [0.3, 0.4) is 0 Å². The van der Waals surface area contributed by atoms with Crippen molar-refractivity contribution in [2.45, 2.75) is 38.1 Å². The highest BCUT2D eigenvalue weighted by atomic mass is 16.3. The summed E-state index contributed by atoms with van der Waals surface area (Å²) >= 11 is 0. The molecule has 0 atom stereocenters. The van der Waals surface area contributed by atoms with Crippen molar-refractivity contribution in [3.05, 3.63) is 65.5 Å². The molecule has 8 nitrogen and oxygen atoms in total. The first-order chi connectivity index (χ1) is 15.9. The van der Waals surface area contributed by atoms with E-state index in [1.807, 2.05) is 18.2 Å². The number of benzene rings is 2. The van der Waals surface area contributed by atoms with Crippen LogP contribution < -0.4 is 10.6 Å². The number of nitrogens with zero attached hydrogens (tertiary/aromatic N) is 2. The van der Waals surface area contributed by atoms with Gasteiger partial charge in [0, 0.05) is 25.8 Å². The SMILES string of the molecule is CN(C)C(=O)c1cccc(NC2=C(Nc3ccccc3)C(=O)N(C3CCCCC3)C2=O)c1O. The van der Waals surface area contributed by atoms with E-state index in [1.165, 1.54) is 15.9 Å². The highest BCUT2D eigenvalue weighted by Gasteiger charge is 2.43. The van der Waals surface area contributed by atoms with Gasteiger partial charge in [-0.3, -0.25) is 19.3 Å². The van der Waals surface area contributed by atoms with Crippen molar-refractivity contribution in [1.29, 1.82) is 0 Å². The predicted molar refractivity (Wildman–Crippen MR) is 126 cm³/mol. The second kappa shape index (κ2) is 9.36. The van der Waals surface area contributed by atoms with Crippen molar-refractivity contribution in [3.8, 4) is 5.75 Å². The summed E-state index contributed by atoms with van der Waals surface area (Å²) in [5.41, 5.74) is 1.12. The highest BCUT2D eigenvalue weighted by molar-refractivity contribution is 6.22. The number of nitrogens with one attached hydrogen (secondary N) is 2. The summed E-state index contributed by atoms with van der Waals surface area (Å²) < 4.78 is 0. The van der Waals surface area contributed by atoms with Crippen molar-refractivity contribution < 1.29 is 19.5 Å². The van der Waals surface area contributed by atoms with Gasteiger partial charge in [0.25, 0.3) is 17.7 Å². The summed E-state index contributed by atoms with van der Waals surface area (Å²) in [6, 6.07) is 13.7. The van der Waals surface area contributed by atoms with E-state index in [9.17, 15) is 19.5 Å². The molecule has 1 aliphatic heterocycles. The third-order valence-corrected chi connectivity index (χ3v) is 6.03. The van der Waals surface area contributed by atoms with Crippen LogP contribution in [0.25, 0.3) is 0 Å². The topological polar surface area (TPSA) is 102 Å². The Bertz CT molecular complexity index is 1100. The van der Waals surface area contributed by atoms with E-state index in [4.69, 9.17) is 0 Å². The number of aromatic hydroxyl groups is 1. The number of carbonyl (C=O) groups is 3. The lowest BCUT2D eigenvalue weighted by Gasteiger charge is -2.29. The van der Waals surface area contributed by atoms with Crippen LogP contribution in [0, 0.1) is 0 Å². The molecule has 3 amide bonds. The molecule has 0 spiro atoms. The van der Waals surface area contributed by atoms with Gasteiger partial charge in [0.15, 0.2) is 5.75 Å². The summed E-state index contributed by atoms with van der Waals surface area (Å²) in [5.74, 6) is -1.48. The number of hydrogen-bond acceptors (Lipinski definition) is 6. The van der Waals surface area contributed by atoms with Gasteiger partial charge >= 0.3 is 0 Å². The molecule has 2 aromatic rings. The minimum absolute atomic E-state index is 0.0548. The Morgan fingerprint density at radius 1 is 0.909 bits per heavy atom. The quantitative estimate of drug-likeness (QED) is 0.462. The molecule has 1 heterocycles. The van der Waals surface area contributed by atoms with Crippen LogP contribution in [0.2, 0.25) is 0 Å². The Balaban J connectivity index is 1.72. The van der Waals surface area contributed by atoms with Gasteiger partial charge in [-0.05, 0) is 37.1 Å². The first-order valence-electron chi connectivity index (χ1n) is 11.1. The standard InChI is InChI=1S/C25H28N4O4/c1-28(2)23(31)18-14-9-15-19(22(18)30)27-21-20(26-16-10-5-3-6-11-16)24(32)29(25(21)33)17-12-7-4-8-13-17/h3,5-6,9-11,14-15,17,26-27,30H,4,7-8,12-13H2,1-2H3. The van der Waals surface area contributed by atoms with E-state index in [0.29, 0.717) is 5.69 Å². The number of hydrogen-bond donors (Lipinski definition) is 3. The van der Waals surface area contributed by atoms with Crippen LogP contribution in [0.15, 0.2) is 59.9 Å². The average Bonchev–Trinajstić information content (AvgIpc) is 3.05. The summed E-state index contributed by atoms with van der Waals surface area (Å²) in [6.07, 6.45) is 4.60. The minimum Gasteiger partial charge on any atom is -0.505 e. The summed E-state index contributed by atoms with van der Waals surface area (Å²) in [7, 11) is 3.18. The van der Waals surface area contributed by atoms with E-state index in [1.54, 1.807) is 38.4 Å². The lowest BCUT2D eigenvalue weighted by molar-refractivity contribution is -0.140. The van der Waals surface area contributed by atoms with E-state index >= 15 is 0 Å². The Morgan fingerprint density at radius 2 is 1.55 bits per heavy atom. The van der Waals surface area contributed by atoms with Crippen LogP contribution in [0.4, 0.5) is 11.4 Å². The fourth-order valence-electron chi connectivity index (χ4n) is 4.31. The molecule has 33 heavy (non-hydrogen) atoms. The third-order valence-electron chi connectivity index (χ3n) is 6.03. The smallest absolute Gasteiger partial charge is 0.279 e. The van der Waals surface area contributed by atoms with Crippen molar-refractivity contribution >= 4 is 29.1 Å². The zero-order valence-corrected chi connectivity index (χ0v) is 18.8. The molecular formula is C25H28N4O4.